The van der Waals surface area contributed by atoms with Crippen LogP contribution in [0.1, 0.15) is 17.3 Å². The second kappa shape index (κ2) is 5.45. The number of fused-ring (bicyclic) bond motifs is 3. The van der Waals surface area contributed by atoms with E-state index in [-0.39, 0.29) is 11.5 Å². The van der Waals surface area contributed by atoms with Crippen molar-refractivity contribution in [2.75, 3.05) is 6.54 Å². The Morgan fingerprint density at radius 3 is 2.62 bits per heavy atom. The van der Waals surface area contributed by atoms with E-state index in [0.717, 1.165) is 10.8 Å². The van der Waals surface area contributed by atoms with Gasteiger partial charge in [0, 0.05) is 12.7 Å². The highest BCUT2D eigenvalue weighted by Crippen LogP contribution is 2.20. The Hall–Kier alpha value is -3.21. The Morgan fingerprint density at radius 1 is 1.12 bits per heavy atom. The van der Waals surface area contributed by atoms with Crippen molar-refractivity contribution >= 4 is 33.2 Å². The van der Waals surface area contributed by atoms with E-state index >= 15 is 0 Å². The fourth-order valence-electron chi connectivity index (χ4n) is 2.95. The van der Waals surface area contributed by atoms with E-state index in [1.165, 1.54) is 4.40 Å². The largest absolute Gasteiger partial charge is 0.352 e. The minimum atomic E-state index is -0.234. The molecule has 2 aromatic carbocycles. The predicted molar refractivity (Wildman–Crippen MR) is 94.5 cm³/mol. The topological polar surface area (TPSA) is 63.5 Å². The van der Waals surface area contributed by atoms with Gasteiger partial charge in [-0.3, -0.25) is 14.0 Å². The van der Waals surface area contributed by atoms with Gasteiger partial charge in [0.05, 0.1) is 16.5 Å². The average molecular weight is 317 g/mol. The molecule has 1 N–H and O–H groups in total. The van der Waals surface area contributed by atoms with Gasteiger partial charge in [-0.15, -0.1) is 0 Å². The van der Waals surface area contributed by atoms with Crippen molar-refractivity contribution < 1.29 is 4.79 Å². The molecule has 0 aliphatic heterocycles. The lowest BCUT2D eigenvalue weighted by molar-refractivity contribution is 0.0957. The minimum Gasteiger partial charge on any atom is -0.352 e. The summed E-state index contributed by atoms with van der Waals surface area (Å²) in [7, 11) is 0. The SMILES string of the molecule is CCNC(=O)c1cccn2c(=O)c3cc4ccccc4cc3nc12. The maximum Gasteiger partial charge on any atom is 0.265 e. The number of carbonyl (C=O) groups is 1. The summed E-state index contributed by atoms with van der Waals surface area (Å²) in [5, 5.41) is 5.30. The molecule has 2 heterocycles. The molecule has 0 unspecified atom stereocenters. The third-order valence-electron chi connectivity index (χ3n) is 4.09. The molecule has 4 aromatic rings. The van der Waals surface area contributed by atoms with Crippen LogP contribution >= 0.6 is 0 Å². The molecule has 5 nitrogen and oxygen atoms in total. The second-order valence-corrected chi connectivity index (χ2v) is 5.61. The Balaban J connectivity index is 2.12. The zero-order chi connectivity index (χ0) is 16.7. The number of rotatable bonds is 2. The monoisotopic (exact) mass is 317 g/mol. The smallest absolute Gasteiger partial charge is 0.265 e. The molecule has 0 radical (unpaired) electrons. The van der Waals surface area contributed by atoms with Crippen molar-refractivity contribution in [1.29, 1.82) is 0 Å². The lowest BCUT2D eigenvalue weighted by atomic mass is 10.1. The first kappa shape index (κ1) is 14.4. The Morgan fingerprint density at radius 2 is 1.88 bits per heavy atom. The molecule has 0 aliphatic carbocycles. The van der Waals surface area contributed by atoms with Gasteiger partial charge < -0.3 is 5.32 Å². The molecular weight excluding hydrogens is 302 g/mol. The summed E-state index contributed by atoms with van der Waals surface area (Å²) in [5.41, 5.74) is 1.19. The molecule has 0 saturated carbocycles. The van der Waals surface area contributed by atoms with Gasteiger partial charge in [-0.25, -0.2) is 4.98 Å². The third kappa shape index (κ3) is 2.13. The van der Waals surface area contributed by atoms with Gasteiger partial charge in [0.2, 0.25) is 0 Å². The Labute approximate surface area is 137 Å². The number of benzene rings is 2. The van der Waals surface area contributed by atoms with Crippen LogP contribution in [0.3, 0.4) is 0 Å². The molecule has 0 spiro atoms. The fraction of sp³-hybridized carbons (Fsp3) is 0.105. The lowest BCUT2D eigenvalue weighted by Gasteiger charge is -2.09. The Bertz CT molecular complexity index is 1160. The van der Waals surface area contributed by atoms with E-state index in [9.17, 15) is 9.59 Å². The standard InChI is InChI=1S/C19H15N3O2/c1-2-20-18(23)14-8-5-9-22-17(14)21-16-11-13-7-4-3-6-12(13)10-15(16)19(22)24/h3-11H,2H2,1H3,(H,20,23). The van der Waals surface area contributed by atoms with Crippen molar-refractivity contribution in [3.63, 3.8) is 0 Å². The first-order valence-electron chi connectivity index (χ1n) is 7.81. The van der Waals surface area contributed by atoms with Crippen LogP contribution in [-0.2, 0) is 0 Å². The summed E-state index contributed by atoms with van der Waals surface area (Å²) in [6.07, 6.45) is 1.64. The first-order valence-corrected chi connectivity index (χ1v) is 7.81. The van der Waals surface area contributed by atoms with Crippen LogP contribution in [0.4, 0.5) is 0 Å². The van der Waals surface area contributed by atoms with Crippen molar-refractivity contribution in [3.05, 3.63) is 70.6 Å². The van der Waals surface area contributed by atoms with E-state index in [0.29, 0.717) is 28.7 Å². The number of carbonyl (C=O) groups excluding carboxylic acids is 1. The quantitative estimate of drug-likeness (QED) is 0.578. The molecule has 2 aromatic heterocycles. The summed E-state index contributed by atoms with van der Waals surface area (Å²) >= 11 is 0. The zero-order valence-electron chi connectivity index (χ0n) is 13.1. The number of hydrogen-bond acceptors (Lipinski definition) is 3. The summed E-state index contributed by atoms with van der Waals surface area (Å²) in [6.45, 7) is 2.37. The summed E-state index contributed by atoms with van der Waals surface area (Å²) in [6, 6.07) is 14.9. The molecule has 5 heteroatoms. The average Bonchev–Trinajstić information content (AvgIpc) is 2.60. The second-order valence-electron chi connectivity index (χ2n) is 5.61. The van der Waals surface area contributed by atoms with Crippen LogP contribution in [0.25, 0.3) is 27.3 Å². The van der Waals surface area contributed by atoms with E-state index < -0.39 is 0 Å². The van der Waals surface area contributed by atoms with Crippen LogP contribution in [0.15, 0.2) is 59.5 Å². The highest BCUT2D eigenvalue weighted by atomic mass is 16.1. The summed E-state index contributed by atoms with van der Waals surface area (Å²) < 4.78 is 1.43. The number of pyridine rings is 1. The number of nitrogens with zero attached hydrogens (tertiary/aromatic N) is 2. The maximum atomic E-state index is 12.9. The minimum absolute atomic E-state index is 0.174. The van der Waals surface area contributed by atoms with Gasteiger partial charge in [0.25, 0.3) is 11.5 Å². The van der Waals surface area contributed by atoms with Crippen LogP contribution < -0.4 is 10.9 Å². The van der Waals surface area contributed by atoms with Gasteiger partial charge in [0.1, 0.15) is 0 Å². The Kier molecular flexibility index (Phi) is 3.27. The highest BCUT2D eigenvalue weighted by Gasteiger charge is 2.14. The van der Waals surface area contributed by atoms with Crippen molar-refractivity contribution in [3.8, 4) is 0 Å². The maximum absolute atomic E-state index is 12.9. The van der Waals surface area contributed by atoms with Gasteiger partial charge in [-0.05, 0) is 42.0 Å². The van der Waals surface area contributed by atoms with E-state index in [2.05, 4.69) is 10.3 Å². The van der Waals surface area contributed by atoms with Gasteiger partial charge in [-0.1, -0.05) is 24.3 Å². The van der Waals surface area contributed by atoms with Crippen LogP contribution in [-0.4, -0.2) is 21.8 Å². The van der Waals surface area contributed by atoms with Gasteiger partial charge >= 0.3 is 0 Å². The molecular formula is C19H15N3O2. The summed E-state index contributed by atoms with van der Waals surface area (Å²) in [5.74, 6) is -0.234. The van der Waals surface area contributed by atoms with E-state index in [1.807, 2.05) is 43.3 Å². The molecule has 0 fully saturated rings. The fourth-order valence-corrected chi connectivity index (χ4v) is 2.95. The molecule has 0 aliphatic rings. The molecule has 0 bridgehead atoms. The van der Waals surface area contributed by atoms with Crippen LogP contribution in [0, 0.1) is 0 Å². The number of hydrogen-bond donors (Lipinski definition) is 1. The van der Waals surface area contributed by atoms with Crippen molar-refractivity contribution in [2.24, 2.45) is 0 Å². The molecule has 1 amide bonds. The normalized spacial score (nSPS) is 11.2. The first-order chi connectivity index (χ1) is 11.7. The highest BCUT2D eigenvalue weighted by molar-refractivity contribution is 6.02. The van der Waals surface area contributed by atoms with E-state index in [1.54, 1.807) is 18.3 Å². The van der Waals surface area contributed by atoms with Gasteiger partial charge in [-0.2, -0.15) is 0 Å². The lowest BCUT2D eigenvalue weighted by Crippen LogP contribution is -2.25. The molecule has 24 heavy (non-hydrogen) atoms. The zero-order valence-corrected chi connectivity index (χ0v) is 13.1. The number of nitrogens with one attached hydrogen (secondary N) is 1. The third-order valence-corrected chi connectivity index (χ3v) is 4.09. The van der Waals surface area contributed by atoms with Crippen LogP contribution in [0.2, 0.25) is 0 Å². The molecule has 118 valence electrons. The number of aromatic nitrogens is 2. The summed E-state index contributed by atoms with van der Waals surface area (Å²) in [4.78, 5) is 29.7. The molecule has 0 saturated heterocycles. The molecule has 0 atom stereocenters. The van der Waals surface area contributed by atoms with Gasteiger partial charge in [0.15, 0.2) is 5.65 Å². The number of amides is 1. The van der Waals surface area contributed by atoms with Crippen molar-refractivity contribution in [2.45, 2.75) is 6.92 Å². The molecule has 4 rings (SSSR count). The van der Waals surface area contributed by atoms with Crippen LogP contribution in [0.5, 0.6) is 0 Å². The van der Waals surface area contributed by atoms with Crippen molar-refractivity contribution in [1.82, 2.24) is 14.7 Å². The van der Waals surface area contributed by atoms with E-state index in [4.69, 9.17) is 0 Å². The predicted octanol–water partition coefficient (Wildman–Crippen LogP) is 2.75.